The molecule has 0 aromatic heterocycles. The maximum atomic E-state index is 5.06. The molecule has 0 bridgehead atoms. The second kappa shape index (κ2) is 16.7. The first-order chi connectivity index (χ1) is 5.95. The van der Waals surface area contributed by atoms with E-state index in [2.05, 4.69) is 24.5 Å². The van der Waals surface area contributed by atoms with Crippen LogP contribution >= 0.6 is 24.8 Å². The maximum absolute atomic E-state index is 5.06. The Morgan fingerprint density at radius 2 is 1.35 bits per heavy atom. The third-order valence-corrected chi connectivity index (χ3v) is 1.37. The molecule has 100 valence electrons. The molecule has 0 spiro atoms. The minimum atomic E-state index is 0. The average molecular weight is 295 g/mol. The summed E-state index contributed by atoms with van der Waals surface area (Å²) in [4.78, 5) is 0. The minimum Gasteiger partial charge on any atom is -1.00 e. The van der Waals surface area contributed by atoms with Crippen LogP contribution in [-0.2, 0) is 0 Å². The van der Waals surface area contributed by atoms with Gasteiger partial charge in [-0.05, 0) is 27.7 Å². The van der Waals surface area contributed by atoms with Gasteiger partial charge in [-0.1, -0.05) is 35.9 Å². The van der Waals surface area contributed by atoms with Gasteiger partial charge in [0, 0.05) is 5.54 Å². The van der Waals surface area contributed by atoms with Gasteiger partial charge in [0.1, 0.15) is 0 Å². The molecule has 0 fully saturated rings. The van der Waals surface area contributed by atoms with Crippen LogP contribution in [0.3, 0.4) is 0 Å². The molecule has 0 saturated heterocycles. The molecule has 0 aliphatic rings. The van der Waals surface area contributed by atoms with Crippen LogP contribution < -0.4 is 40.8 Å². The Kier molecular flexibility index (Phi) is 30.0. The molecular formula is C11H25Cl2N2NaO. The van der Waals surface area contributed by atoms with E-state index in [1.165, 1.54) is 5.56 Å². The molecule has 0 atom stereocenters. The summed E-state index contributed by atoms with van der Waals surface area (Å²) in [5.74, 6) is 5.06. The Hall–Kier alpha value is 0.680. The van der Waals surface area contributed by atoms with Gasteiger partial charge in [-0.15, -0.1) is 24.8 Å². The number of rotatable bonds is 0. The zero-order valence-electron chi connectivity index (χ0n) is 12.3. The molecule has 0 aliphatic carbocycles. The molecule has 0 radical (unpaired) electrons. The van der Waals surface area contributed by atoms with E-state index in [4.69, 9.17) is 5.84 Å². The number of benzene rings is 1. The van der Waals surface area contributed by atoms with Crippen molar-refractivity contribution in [3.05, 3.63) is 35.9 Å². The maximum Gasteiger partial charge on any atom is 1.00 e. The topological polar surface area (TPSA) is 69.5 Å². The third-order valence-electron chi connectivity index (χ3n) is 1.37. The SMILES string of the molecule is CC(C)(C)NN.Cc1ccccc1.Cl.Cl.O.[H-].[Na+]. The fourth-order valence-corrected chi connectivity index (χ4v) is 0.534. The molecule has 1 aromatic rings. The summed E-state index contributed by atoms with van der Waals surface area (Å²) in [7, 11) is 0. The molecule has 0 amide bonds. The van der Waals surface area contributed by atoms with Crippen LogP contribution in [0.2, 0.25) is 0 Å². The first-order valence-corrected chi connectivity index (χ1v) is 4.45. The van der Waals surface area contributed by atoms with E-state index in [1.54, 1.807) is 0 Å². The fourth-order valence-electron chi connectivity index (χ4n) is 0.534. The number of aryl methyl sites for hydroxylation is 1. The molecule has 17 heavy (non-hydrogen) atoms. The molecule has 0 heterocycles. The van der Waals surface area contributed by atoms with E-state index in [9.17, 15) is 0 Å². The number of nitrogens with two attached hydrogens (primary N) is 1. The van der Waals surface area contributed by atoms with Gasteiger partial charge in [0.2, 0.25) is 0 Å². The normalized spacial score (nSPS) is 7.82. The van der Waals surface area contributed by atoms with E-state index >= 15 is 0 Å². The van der Waals surface area contributed by atoms with Crippen molar-refractivity contribution < 1.29 is 36.5 Å². The smallest absolute Gasteiger partial charge is 1.00 e. The van der Waals surface area contributed by atoms with Crippen LogP contribution in [0.15, 0.2) is 30.3 Å². The van der Waals surface area contributed by atoms with E-state index in [0.717, 1.165) is 0 Å². The van der Waals surface area contributed by atoms with Crippen molar-refractivity contribution in [2.45, 2.75) is 33.2 Å². The Balaban J connectivity index is -0.0000000316. The number of nitrogens with one attached hydrogen (secondary N) is 1. The van der Waals surface area contributed by atoms with Crippen LogP contribution in [-0.4, -0.2) is 11.0 Å². The third kappa shape index (κ3) is 26.3. The summed E-state index contributed by atoms with van der Waals surface area (Å²) in [6, 6.07) is 10.3. The van der Waals surface area contributed by atoms with Crippen LogP contribution in [0.5, 0.6) is 0 Å². The predicted octanol–water partition coefficient (Wildman–Crippen LogP) is -0.621. The van der Waals surface area contributed by atoms with Crippen molar-refractivity contribution in [3.8, 4) is 0 Å². The molecular weight excluding hydrogens is 270 g/mol. The number of hydrogen-bond donors (Lipinski definition) is 2. The number of halogens is 2. The predicted molar refractivity (Wildman–Crippen MR) is 77.5 cm³/mol. The molecule has 0 saturated carbocycles. The second-order valence-corrected chi connectivity index (χ2v) is 4.05. The van der Waals surface area contributed by atoms with Gasteiger partial charge >= 0.3 is 29.6 Å². The minimum absolute atomic E-state index is 0. The van der Waals surface area contributed by atoms with Crippen LogP contribution in [0.1, 0.15) is 27.8 Å². The summed E-state index contributed by atoms with van der Waals surface area (Å²) in [6.07, 6.45) is 0. The van der Waals surface area contributed by atoms with Crippen molar-refractivity contribution in [3.63, 3.8) is 0 Å². The quantitative estimate of drug-likeness (QED) is 0.380. The monoisotopic (exact) mass is 294 g/mol. The van der Waals surface area contributed by atoms with E-state index in [0.29, 0.717) is 0 Å². The van der Waals surface area contributed by atoms with Gasteiger partial charge in [0.15, 0.2) is 0 Å². The number of hydrazine groups is 1. The zero-order chi connectivity index (χ0) is 10.3. The summed E-state index contributed by atoms with van der Waals surface area (Å²) in [5.41, 5.74) is 4.00. The van der Waals surface area contributed by atoms with Crippen LogP contribution in [0.4, 0.5) is 0 Å². The van der Waals surface area contributed by atoms with E-state index in [-0.39, 0.29) is 66.8 Å². The van der Waals surface area contributed by atoms with Crippen molar-refractivity contribution in [1.82, 2.24) is 5.43 Å². The Labute approximate surface area is 141 Å². The first-order valence-electron chi connectivity index (χ1n) is 4.45. The van der Waals surface area contributed by atoms with Crippen LogP contribution in [0.25, 0.3) is 0 Å². The molecule has 5 N–H and O–H groups in total. The molecule has 0 unspecified atom stereocenters. The van der Waals surface area contributed by atoms with Gasteiger partial charge < -0.3 is 6.90 Å². The van der Waals surface area contributed by atoms with Crippen molar-refractivity contribution >= 4 is 24.8 Å². The molecule has 0 aliphatic heterocycles. The van der Waals surface area contributed by atoms with Gasteiger partial charge in [-0.2, -0.15) is 0 Å². The molecule has 3 nitrogen and oxygen atoms in total. The van der Waals surface area contributed by atoms with Crippen molar-refractivity contribution in [2.24, 2.45) is 5.84 Å². The van der Waals surface area contributed by atoms with E-state index < -0.39 is 0 Å². The Bertz CT molecular complexity index is 236. The number of hydrogen-bond acceptors (Lipinski definition) is 2. The van der Waals surface area contributed by atoms with Gasteiger partial charge in [0.05, 0.1) is 0 Å². The average Bonchev–Trinajstić information content (AvgIpc) is 2.06. The van der Waals surface area contributed by atoms with Crippen molar-refractivity contribution in [1.29, 1.82) is 0 Å². The fraction of sp³-hybridized carbons (Fsp3) is 0.455. The van der Waals surface area contributed by atoms with Crippen molar-refractivity contribution in [2.75, 3.05) is 0 Å². The largest absolute Gasteiger partial charge is 1.00 e. The first kappa shape index (κ1) is 30.6. The zero-order valence-corrected chi connectivity index (χ0v) is 14.9. The second-order valence-electron chi connectivity index (χ2n) is 4.05. The molecule has 1 aromatic carbocycles. The standard InChI is InChI=1S/C7H8.C4H12N2.2ClH.Na.H2O.H/c1-7-5-3-2-4-6-7;1-4(2,3)6-5;;;;;/h2-6H,1H3;6H,5H2,1-3H3;2*1H;;1H2;/q;;;;+1;;-1. The summed E-state index contributed by atoms with van der Waals surface area (Å²) in [6.45, 7) is 8.10. The summed E-state index contributed by atoms with van der Waals surface area (Å²) >= 11 is 0. The summed E-state index contributed by atoms with van der Waals surface area (Å²) < 4.78 is 0. The summed E-state index contributed by atoms with van der Waals surface area (Å²) in [5, 5.41) is 0. The Morgan fingerprint density at radius 3 is 1.47 bits per heavy atom. The molecule has 1 rings (SSSR count). The van der Waals surface area contributed by atoms with Gasteiger partial charge in [-0.3, -0.25) is 11.3 Å². The Morgan fingerprint density at radius 1 is 1.06 bits per heavy atom. The molecule has 6 heteroatoms. The van der Waals surface area contributed by atoms with E-state index in [1.807, 2.05) is 39.0 Å². The van der Waals surface area contributed by atoms with Gasteiger partial charge in [0.25, 0.3) is 0 Å². The van der Waals surface area contributed by atoms with Crippen LogP contribution in [0, 0.1) is 6.92 Å². The van der Waals surface area contributed by atoms with Gasteiger partial charge in [-0.25, -0.2) is 0 Å².